The molecule has 1 atom stereocenters. The molecule has 4 heterocycles. The summed E-state index contributed by atoms with van der Waals surface area (Å²) >= 11 is 0. The van der Waals surface area contributed by atoms with Crippen molar-refractivity contribution in [2.45, 2.75) is 19.8 Å². The van der Waals surface area contributed by atoms with Gasteiger partial charge in [0.05, 0.1) is 19.1 Å². The van der Waals surface area contributed by atoms with Crippen molar-refractivity contribution in [1.29, 1.82) is 0 Å². The summed E-state index contributed by atoms with van der Waals surface area (Å²) in [6.07, 6.45) is 1.91. The maximum absolute atomic E-state index is 12.6. The van der Waals surface area contributed by atoms with Crippen LogP contribution < -0.4 is 10.2 Å². The first-order chi connectivity index (χ1) is 13.2. The summed E-state index contributed by atoms with van der Waals surface area (Å²) in [5, 5.41) is 15.9. The van der Waals surface area contributed by atoms with Crippen molar-refractivity contribution in [3.63, 3.8) is 0 Å². The number of nitrogens with zero attached hydrogens (tertiary/aromatic N) is 6. The number of hydrogen-bond acceptors (Lipinski definition) is 7. The van der Waals surface area contributed by atoms with E-state index < -0.39 is 0 Å². The Labute approximate surface area is 158 Å². The van der Waals surface area contributed by atoms with Gasteiger partial charge in [-0.05, 0) is 31.9 Å². The van der Waals surface area contributed by atoms with E-state index in [1.54, 1.807) is 4.52 Å². The van der Waals surface area contributed by atoms with Crippen LogP contribution in [0.4, 0.5) is 5.82 Å². The highest BCUT2D eigenvalue weighted by Crippen LogP contribution is 2.22. The molecule has 9 nitrogen and oxygen atoms in total. The summed E-state index contributed by atoms with van der Waals surface area (Å²) in [7, 11) is 0. The number of piperidine rings is 1. The van der Waals surface area contributed by atoms with Crippen LogP contribution in [0.5, 0.6) is 0 Å². The molecule has 0 radical (unpaired) electrons. The third-order valence-electron chi connectivity index (χ3n) is 5.35. The number of rotatable bonds is 5. The topological polar surface area (TPSA) is 87.9 Å². The minimum atomic E-state index is 0.00273. The molecule has 2 saturated heterocycles. The van der Waals surface area contributed by atoms with Gasteiger partial charge in [0.1, 0.15) is 5.82 Å². The van der Waals surface area contributed by atoms with Gasteiger partial charge < -0.3 is 15.0 Å². The van der Waals surface area contributed by atoms with Gasteiger partial charge in [-0.15, -0.1) is 15.3 Å². The average molecular weight is 373 g/mol. The zero-order chi connectivity index (χ0) is 18.6. The number of carbonyl (C=O) groups excluding carboxylic acids is 1. The second-order valence-electron chi connectivity index (χ2n) is 7.24. The van der Waals surface area contributed by atoms with Gasteiger partial charge in [0.25, 0.3) is 0 Å². The van der Waals surface area contributed by atoms with Crippen molar-refractivity contribution in [1.82, 2.24) is 30.0 Å². The molecule has 0 spiro atoms. The van der Waals surface area contributed by atoms with E-state index in [4.69, 9.17) is 4.74 Å². The van der Waals surface area contributed by atoms with Gasteiger partial charge in [-0.3, -0.25) is 9.69 Å². The highest BCUT2D eigenvalue weighted by Gasteiger charge is 2.27. The fourth-order valence-electron chi connectivity index (χ4n) is 3.76. The molecular weight excluding hydrogens is 346 g/mol. The number of amides is 1. The number of aryl methyl sites for hydroxylation is 1. The lowest BCUT2D eigenvalue weighted by Gasteiger charge is -2.33. The Morgan fingerprint density at radius 1 is 1.26 bits per heavy atom. The summed E-state index contributed by atoms with van der Waals surface area (Å²) in [6, 6.07) is 3.89. The SMILES string of the molecule is Cc1nnc2ccc(N3CCCC(C(=O)NCCN4CCOCC4)C3)nn12. The van der Waals surface area contributed by atoms with Crippen molar-refractivity contribution < 1.29 is 9.53 Å². The molecule has 27 heavy (non-hydrogen) atoms. The van der Waals surface area contributed by atoms with E-state index in [1.807, 2.05) is 19.1 Å². The molecule has 2 fully saturated rings. The van der Waals surface area contributed by atoms with Gasteiger partial charge in [-0.1, -0.05) is 0 Å². The van der Waals surface area contributed by atoms with Crippen LogP contribution in [0.25, 0.3) is 5.65 Å². The number of hydrogen-bond donors (Lipinski definition) is 1. The number of fused-ring (bicyclic) bond motifs is 1. The molecule has 2 aliphatic heterocycles. The molecule has 2 aromatic heterocycles. The Hall–Kier alpha value is -2.26. The van der Waals surface area contributed by atoms with E-state index in [0.717, 1.165) is 69.5 Å². The van der Waals surface area contributed by atoms with Crippen molar-refractivity contribution in [2.24, 2.45) is 5.92 Å². The third-order valence-corrected chi connectivity index (χ3v) is 5.35. The zero-order valence-corrected chi connectivity index (χ0v) is 15.8. The van der Waals surface area contributed by atoms with Crippen LogP contribution in [0, 0.1) is 12.8 Å². The largest absolute Gasteiger partial charge is 0.379 e. The van der Waals surface area contributed by atoms with Crippen molar-refractivity contribution >= 4 is 17.4 Å². The van der Waals surface area contributed by atoms with Gasteiger partial charge in [0, 0.05) is 39.3 Å². The molecular formula is C18H27N7O2. The standard InChI is InChI=1S/C18H27N7O2/c1-14-20-21-16-4-5-17(22-25(14)16)24-7-2-3-15(13-24)18(26)19-6-8-23-9-11-27-12-10-23/h4-5,15H,2-3,6-13H2,1H3,(H,19,26). The molecule has 0 aromatic carbocycles. The molecule has 1 amide bonds. The molecule has 4 rings (SSSR count). The average Bonchev–Trinajstić information content (AvgIpc) is 3.09. The summed E-state index contributed by atoms with van der Waals surface area (Å²) < 4.78 is 7.11. The molecule has 146 valence electrons. The molecule has 0 saturated carbocycles. The molecule has 2 aliphatic rings. The number of morpholine rings is 1. The number of aromatic nitrogens is 4. The van der Waals surface area contributed by atoms with E-state index in [9.17, 15) is 4.79 Å². The number of carbonyl (C=O) groups is 1. The van der Waals surface area contributed by atoms with E-state index in [0.29, 0.717) is 13.1 Å². The fourth-order valence-corrected chi connectivity index (χ4v) is 3.76. The molecule has 9 heteroatoms. The summed E-state index contributed by atoms with van der Waals surface area (Å²) in [5.74, 6) is 1.79. The van der Waals surface area contributed by atoms with E-state index >= 15 is 0 Å². The molecule has 0 aliphatic carbocycles. The van der Waals surface area contributed by atoms with Crippen molar-refractivity contribution in [3.8, 4) is 0 Å². The lowest BCUT2D eigenvalue weighted by Crippen LogP contribution is -2.46. The summed E-state index contributed by atoms with van der Waals surface area (Å²) in [5.41, 5.74) is 0.741. The maximum atomic E-state index is 12.6. The van der Waals surface area contributed by atoms with Gasteiger partial charge >= 0.3 is 0 Å². The highest BCUT2D eigenvalue weighted by molar-refractivity contribution is 5.79. The molecule has 1 N–H and O–H groups in total. The molecule has 2 aromatic rings. The van der Waals surface area contributed by atoms with Crippen molar-refractivity contribution in [2.75, 3.05) is 57.4 Å². The Morgan fingerprint density at radius 3 is 2.96 bits per heavy atom. The number of ether oxygens (including phenoxy) is 1. The predicted octanol–water partition coefficient (Wildman–Crippen LogP) is 0.0975. The van der Waals surface area contributed by atoms with Crippen LogP contribution in [0.3, 0.4) is 0 Å². The molecule has 0 bridgehead atoms. The van der Waals surface area contributed by atoms with E-state index in [-0.39, 0.29) is 11.8 Å². The Morgan fingerprint density at radius 2 is 2.11 bits per heavy atom. The third kappa shape index (κ3) is 4.19. The summed E-state index contributed by atoms with van der Waals surface area (Å²) in [4.78, 5) is 17.1. The highest BCUT2D eigenvalue weighted by atomic mass is 16.5. The number of nitrogens with one attached hydrogen (secondary N) is 1. The second-order valence-corrected chi connectivity index (χ2v) is 7.24. The van der Waals surface area contributed by atoms with Crippen LogP contribution >= 0.6 is 0 Å². The van der Waals surface area contributed by atoms with Crippen LogP contribution in [0.1, 0.15) is 18.7 Å². The van der Waals surface area contributed by atoms with Gasteiger partial charge in [-0.2, -0.15) is 4.52 Å². The van der Waals surface area contributed by atoms with Gasteiger partial charge in [-0.25, -0.2) is 0 Å². The van der Waals surface area contributed by atoms with Crippen LogP contribution in [-0.4, -0.2) is 83.1 Å². The Bertz CT molecular complexity index is 787. The smallest absolute Gasteiger partial charge is 0.224 e. The first-order valence-electron chi connectivity index (χ1n) is 9.72. The quantitative estimate of drug-likeness (QED) is 0.795. The fraction of sp³-hybridized carbons (Fsp3) is 0.667. The van der Waals surface area contributed by atoms with Gasteiger partial charge in [0.2, 0.25) is 5.91 Å². The zero-order valence-electron chi connectivity index (χ0n) is 15.8. The maximum Gasteiger partial charge on any atom is 0.224 e. The van der Waals surface area contributed by atoms with E-state index in [1.165, 1.54) is 0 Å². The van der Waals surface area contributed by atoms with E-state index in [2.05, 4.69) is 30.4 Å². The normalized spacial score (nSPS) is 21.5. The van der Waals surface area contributed by atoms with Crippen molar-refractivity contribution in [3.05, 3.63) is 18.0 Å². The number of anilines is 1. The first-order valence-corrected chi connectivity index (χ1v) is 9.72. The van der Waals surface area contributed by atoms with Crippen LogP contribution in [0.15, 0.2) is 12.1 Å². The monoisotopic (exact) mass is 373 g/mol. The lowest BCUT2D eigenvalue weighted by molar-refractivity contribution is -0.125. The minimum Gasteiger partial charge on any atom is -0.379 e. The lowest BCUT2D eigenvalue weighted by atomic mass is 9.97. The predicted molar refractivity (Wildman–Crippen MR) is 101 cm³/mol. The molecule has 1 unspecified atom stereocenters. The Balaban J connectivity index is 1.32. The Kier molecular flexibility index (Phi) is 5.49. The first kappa shape index (κ1) is 18.1. The second kappa shape index (κ2) is 8.18. The van der Waals surface area contributed by atoms with Crippen LogP contribution in [0.2, 0.25) is 0 Å². The minimum absolute atomic E-state index is 0.00273. The van der Waals surface area contributed by atoms with Gasteiger partial charge in [0.15, 0.2) is 11.5 Å². The summed E-state index contributed by atoms with van der Waals surface area (Å²) in [6.45, 7) is 8.55. The van der Waals surface area contributed by atoms with Crippen LogP contribution in [-0.2, 0) is 9.53 Å².